The molecule has 0 fully saturated rings. The third kappa shape index (κ3) is 3.74. The first-order chi connectivity index (χ1) is 16.3. The van der Waals surface area contributed by atoms with Gasteiger partial charge in [0.25, 0.3) is 0 Å². The van der Waals surface area contributed by atoms with Gasteiger partial charge in [0.15, 0.2) is 0 Å². The zero-order chi connectivity index (χ0) is 22.2. The standard InChI is InChI=1S/C30H20BrNS/c31-23-11-6-9-21(19-23)22-10-7-14-25(20-22)32(24-12-2-1-3-13-24)28-17-8-16-27-26-15-4-5-18-29(26)33-30(27)28/h1-20H. The van der Waals surface area contributed by atoms with E-state index in [4.69, 9.17) is 0 Å². The monoisotopic (exact) mass is 505 g/mol. The molecule has 0 unspecified atom stereocenters. The van der Waals surface area contributed by atoms with Crippen molar-refractivity contribution in [2.75, 3.05) is 4.90 Å². The third-order valence-corrected chi connectivity index (χ3v) is 7.60. The van der Waals surface area contributed by atoms with E-state index in [2.05, 4.69) is 142 Å². The van der Waals surface area contributed by atoms with Gasteiger partial charge in [0.1, 0.15) is 0 Å². The van der Waals surface area contributed by atoms with E-state index in [0.29, 0.717) is 0 Å². The second-order valence-corrected chi connectivity index (χ2v) is 9.95. The topological polar surface area (TPSA) is 3.24 Å². The fourth-order valence-corrected chi connectivity index (χ4v) is 6.01. The molecule has 0 N–H and O–H groups in total. The zero-order valence-corrected chi connectivity index (χ0v) is 20.2. The van der Waals surface area contributed by atoms with E-state index in [9.17, 15) is 0 Å². The Balaban J connectivity index is 1.59. The van der Waals surface area contributed by atoms with Crippen molar-refractivity contribution in [3.8, 4) is 11.1 Å². The summed E-state index contributed by atoms with van der Waals surface area (Å²) in [5, 5.41) is 2.62. The van der Waals surface area contributed by atoms with E-state index in [1.807, 2.05) is 11.3 Å². The molecule has 6 aromatic rings. The lowest BCUT2D eigenvalue weighted by atomic mass is 10.0. The summed E-state index contributed by atoms with van der Waals surface area (Å²) in [6.45, 7) is 0. The van der Waals surface area contributed by atoms with Crippen LogP contribution < -0.4 is 4.90 Å². The molecule has 3 heteroatoms. The number of rotatable bonds is 4. The van der Waals surface area contributed by atoms with Crippen LogP contribution >= 0.6 is 27.3 Å². The fourth-order valence-electron chi connectivity index (χ4n) is 4.41. The fraction of sp³-hybridized carbons (Fsp3) is 0. The average Bonchev–Trinajstić information content (AvgIpc) is 3.25. The van der Waals surface area contributed by atoms with Gasteiger partial charge in [-0.3, -0.25) is 0 Å². The zero-order valence-electron chi connectivity index (χ0n) is 17.8. The van der Waals surface area contributed by atoms with Crippen LogP contribution in [0.15, 0.2) is 126 Å². The summed E-state index contributed by atoms with van der Waals surface area (Å²) in [4.78, 5) is 2.37. The molecule has 0 saturated carbocycles. The van der Waals surface area contributed by atoms with Crippen LogP contribution in [0.3, 0.4) is 0 Å². The molecule has 0 saturated heterocycles. The minimum Gasteiger partial charge on any atom is -0.309 e. The van der Waals surface area contributed by atoms with Gasteiger partial charge in [0.05, 0.1) is 10.4 Å². The van der Waals surface area contributed by atoms with Crippen molar-refractivity contribution in [3.05, 3.63) is 126 Å². The number of hydrogen-bond acceptors (Lipinski definition) is 2. The molecule has 33 heavy (non-hydrogen) atoms. The summed E-state index contributed by atoms with van der Waals surface area (Å²) < 4.78 is 3.70. The summed E-state index contributed by atoms with van der Waals surface area (Å²) in [7, 11) is 0. The van der Waals surface area contributed by atoms with Crippen molar-refractivity contribution in [2.24, 2.45) is 0 Å². The number of para-hydroxylation sites is 1. The van der Waals surface area contributed by atoms with E-state index in [0.717, 1.165) is 15.8 Å². The summed E-state index contributed by atoms with van der Waals surface area (Å²) in [6, 6.07) is 43.2. The SMILES string of the molecule is Brc1cccc(-c2cccc(N(c3ccccc3)c3cccc4c3sc3ccccc34)c2)c1. The van der Waals surface area contributed by atoms with Gasteiger partial charge >= 0.3 is 0 Å². The number of nitrogens with zero attached hydrogens (tertiary/aromatic N) is 1. The highest BCUT2D eigenvalue weighted by molar-refractivity contribution is 9.10. The van der Waals surface area contributed by atoms with Crippen LogP contribution in [0.5, 0.6) is 0 Å². The Hall–Kier alpha value is -3.40. The Morgan fingerprint density at radius 1 is 0.545 bits per heavy atom. The van der Waals surface area contributed by atoms with Crippen LogP contribution in [0.25, 0.3) is 31.3 Å². The van der Waals surface area contributed by atoms with Gasteiger partial charge in [0.2, 0.25) is 0 Å². The molecule has 1 heterocycles. The molecule has 0 bridgehead atoms. The lowest BCUT2D eigenvalue weighted by Crippen LogP contribution is -2.10. The Morgan fingerprint density at radius 3 is 2.06 bits per heavy atom. The Kier molecular flexibility index (Phi) is 5.21. The summed E-state index contributed by atoms with van der Waals surface area (Å²) in [6.07, 6.45) is 0. The van der Waals surface area contributed by atoms with Gasteiger partial charge in [-0.05, 0) is 59.7 Å². The van der Waals surface area contributed by atoms with Crippen LogP contribution in [0.4, 0.5) is 17.1 Å². The largest absolute Gasteiger partial charge is 0.309 e. The number of benzene rings is 5. The van der Waals surface area contributed by atoms with Crippen LogP contribution in [0.1, 0.15) is 0 Å². The van der Waals surface area contributed by atoms with Gasteiger partial charge < -0.3 is 4.90 Å². The predicted octanol–water partition coefficient (Wildman–Crippen LogP) is 9.95. The third-order valence-electron chi connectivity index (χ3n) is 5.90. The molecule has 158 valence electrons. The Labute approximate surface area is 205 Å². The highest BCUT2D eigenvalue weighted by Gasteiger charge is 2.18. The lowest BCUT2D eigenvalue weighted by Gasteiger charge is -2.26. The van der Waals surface area contributed by atoms with Gasteiger partial charge in [0, 0.05) is 31.3 Å². The van der Waals surface area contributed by atoms with E-state index < -0.39 is 0 Å². The molecule has 0 aliphatic rings. The van der Waals surface area contributed by atoms with Crippen molar-refractivity contribution < 1.29 is 0 Å². The number of thiophene rings is 1. The van der Waals surface area contributed by atoms with Crippen molar-refractivity contribution in [1.82, 2.24) is 0 Å². The van der Waals surface area contributed by atoms with Crippen LogP contribution in [0.2, 0.25) is 0 Å². The highest BCUT2D eigenvalue weighted by atomic mass is 79.9. The molecule has 5 aromatic carbocycles. The van der Waals surface area contributed by atoms with Crippen molar-refractivity contribution >= 4 is 64.5 Å². The number of halogens is 1. The average molecular weight is 506 g/mol. The molecule has 0 radical (unpaired) electrons. The molecule has 0 aliphatic heterocycles. The highest BCUT2D eigenvalue weighted by Crippen LogP contribution is 2.45. The van der Waals surface area contributed by atoms with Crippen LogP contribution in [0, 0.1) is 0 Å². The first-order valence-electron chi connectivity index (χ1n) is 10.9. The maximum absolute atomic E-state index is 3.62. The number of fused-ring (bicyclic) bond motifs is 3. The van der Waals surface area contributed by atoms with Crippen LogP contribution in [-0.2, 0) is 0 Å². The normalized spacial score (nSPS) is 11.2. The number of anilines is 3. The first kappa shape index (κ1) is 20.2. The summed E-state index contributed by atoms with van der Waals surface area (Å²) in [5.41, 5.74) is 5.88. The molecule has 0 atom stereocenters. The second kappa shape index (κ2) is 8.51. The van der Waals surface area contributed by atoms with Crippen molar-refractivity contribution in [1.29, 1.82) is 0 Å². The molecule has 0 amide bonds. The van der Waals surface area contributed by atoms with Gasteiger partial charge in [-0.25, -0.2) is 0 Å². The quantitative estimate of drug-likeness (QED) is 0.230. The maximum Gasteiger partial charge on any atom is 0.0640 e. The van der Waals surface area contributed by atoms with E-state index in [1.165, 1.54) is 37.0 Å². The van der Waals surface area contributed by atoms with Crippen molar-refractivity contribution in [2.45, 2.75) is 0 Å². The molecule has 0 spiro atoms. The van der Waals surface area contributed by atoms with Gasteiger partial charge in [-0.2, -0.15) is 0 Å². The molecule has 1 nitrogen and oxygen atoms in total. The molecular formula is C30H20BrNS. The van der Waals surface area contributed by atoms with E-state index >= 15 is 0 Å². The smallest absolute Gasteiger partial charge is 0.0640 e. The lowest BCUT2D eigenvalue weighted by molar-refractivity contribution is 1.30. The Bertz CT molecular complexity index is 1590. The minimum absolute atomic E-state index is 1.08. The van der Waals surface area contributed by atoms with E-state index in [-0.39, 0.29) is 0 Å². The molecule has 6 rings (SSSR count). The molecule has 1 aromatic heterocycles. The molecular weight excluding hydrogens is 486 g/mol. The predicted molar refractivity (Wildman–Crippen MR) is 147 cm³/mol. The Morgan fingerprint density at radius 2 is 1.21 bits per heavy atom. The first-order valence-corrected chi connectivity index (χ1v) is 12.5. The summed E-state index contributed by atoms with van der Waals surface area (Å²) >= 11 is 5.48. The van der Waals surface area contributed by atoms with Gasteiger partial charge in [-0.1, -0.05) is 88.7 Å². The summed E-state index contributed by atoms with van der Waals surface area (Å²) in [5.74, 6) is 0. The molecule has 0 aliphatic carbocycles. The van der Waals surface area contributed by atoms with Gasteiger partial charge in [-0.15, -0.1) is 11.3 Å². The maximum atomic E-state index is 3.62. The van der Waals surface area contributed by atoms with E-state index in [1.54, 1.807) is 0 Å². The second-order valence-electron chi connectivity index (χ2n) is 7.98. The van der Waals surface area contributed by atoms with Crippen LogP contribution in [-0.4, -0.2) is 0 Å². The minimum atomic E-state index is 1.08. The van der Waals surface area contributed by atoms with Crippen molar-refractivity contribution in [3.63, 3.8) is 0 Å². The number of hydrogen-bond donors (Lipinski definition) is 0.